The Morgan fingerprint density at radius 3 is 2.47 bits per heavy atom. The van der Waals surface area contributed by atoms with Crippen LogP contribution in [0.5, 0.6) is 5.75 Å². The van der Waals surface area contributed by atoms with Gasteiger partial charge in [-0.2, -0.15) is 0 Å². The van der Waals surface area contributed by atoms with E-state index in [-0.39, 0.29) is 17.9 Å². The number of hydrogen-bond donors (Lipinski definition) is 2. The van der Waals surface area contributed by atoms with Crippen molar-refractivity contribution in [2.45, 2.75) is 39.9 Å². The molecule has 1 heterocycles. The fraction of sp³-hybridized carbons (Fsp3) is 0.333. The highest BCUT2D eigenvalue weighted by Crippen LogP contribution is 2.21. The zero-order valence-corrected chi connectivity index (χ0v) is 17.8. The highest BCUT2D eigenvalue weighted by molar-refractivity contribution is 5.91. The van der Waals surface area contributed by atoms with Crippen LogP contribution < -0.4 is 15.4 Å². The second kappa shape index (κ2) is 10.1. The van der Waals surface area contributed by atoms with E-state index in [0.717, 1.165) is 24.3 Å². The van der Waals surface area contributed by atoms with Gasteiger partial charge in [-0.3, -0.25) is 4.79 Å². The summed E-state index contributed by atoms with van der Waals surface area (Å²) in [6.07, 6.45) is 5.64. The molecular formula is C24H30N4O2. The number of rotatable bonds is 9. The molecule has 2 aromatic carbocycles. The maximum absolute atomic E-state index is 12.0. The highest BCUT2D eigenvalue weighted by Gasteiger charge is 2.24. The molecule has 0 aliphatic rings. The minimum absolute atomic E-state index is 0.0243. The molecule has 0 fully saturated rings. The number of hydrogen-bond acceptors (Lipinski definition) is 4. The second-order valence-electron chi connectivity index (χ2n) is 8.41. The van der Waals surface area contributed by atoms with Crippen molar-refractivity contribution in [1.82, 2.24) is 14.9 Å². The van der Waals surface area contributed by atoms with Gasteiger partial charge >= 0.3 is 0 Å². The van der Waals surface area contributed by atoms with Crippen molar-refractivity contribution in [2.75, 3.05) is 11.9 Å². The van der Waals surface area contributed by atoms with E-state index in [1.54, 1.807) is 6.20 Å². The molecule has 0 unspecified atom stereocenters. The molecule has 1 atom stereocenters. The third kappa shape index (κ3) is 6.74. The van der Waals surface area contributed by atoms with Gasteiger partial charge in [-0.1, -0.05) is 51.1 Å². The van der Waals surface area contributed by atoms with Crippen LogP contribution in [0.1, 0.15) is 26.3 Å². The van der Waals surface area contributed by atoms with Gasteiger partial charge < -0.3 is 19.9 Å². The maximum Gasteiger partial charge on any atom is 0.262 e. The van der Waals surface area contributed by atoms with E-state index in [0.29, 0.717) is 11.8 Å². The molecule has 158 valence electrons. The summed E-state index contributed by atoms with van der Waals surface area (Å²) in [5.74, 6) is 0.493. The smallest absolute Gasteiger partial charge is 0.262 e. The van der Waals surface area contributed by atoms with Crippen molar-refractivity contribution in [2.24, 2.45) is 5.41 Å². The lowest BCUT2D eigenvalue weighted by atomic mass is 9.86. The maximum atomic E-state index is 12.0. The standard InChI is InChI=1S/C24H30N4O2/c1-24(2,3)22(16-28-14-13-25-18-28)26-15-19-9-11-21(12-10-19)30-17-23(29)27-20-7-5-4-6-8-20/h4-14,18,22,26H,15-17H2,1-3H3,(H,27,29)/t22-/m0/s1. The molecule has 0 spiro atoms. The van der Waals surface area contributed by atoms with Gasteiger partial charge in [0.15, 0.2) is 6.61 Å². The largest absolute Gasteiger partial charge is 0.484 e. The van der Waals surface area contributed by atoms with Gasteiger partial charge in [0, 0.05) is 37.2 Å². The van der Waals surface area contributed by atoms with E-state index in [4.69, 9.17) is 4.74 Å². The Morgan fingerprint density at radius 2 is 1.83 bits per heavy atom. The third-order valence-corrected chi connectivity index (χ3v) is 4.90. The summed E-state index contributed by atoms with van der Waals surface area (Å²) < 4.78 is 7.70. The summed E-state index contributed by atoms with van der Waals surface area (Å²) in [5, 5.41) is 6.47. The number of ether oxygens (including phenoxy) is 1. The first kappa shape index (κ1) is 21.6. The van der Waals surface area contributed by atoms with Crippen molar-refractivity contribution in [3.8, 4) is 5.75 Å². The Balaban J connectivity index is 1.48. The summed E-state index contributed by atoms with van der Waals surface area (Å²) in [6.45, 7) is 8.30. The van der Waals surface area contributed by atoms with Crippen LogP contribution in [0.3, 0.4) is 0 Å². The predicted octanol–water partition coefficient (Wildman–Crippen LogP) is 4.11. The number of aromatic nitrogens is 2. The number of imidazole rings is 1. The predicted molar refractivity (Wildman–Crippen MR) is 119 cm³/mol. The molecule has 2 N–H and O–H groups in total. The molecule has 6 heteroatoms. The fourth-order valence-electron chi connectivity index (χ4n) is 3.06. The van der Waals surface area contributed by atoms with Crippen LogP contribution >= 0.6 is 0 Å². The van der Waals surface area contributed by atoms with Crippen LogP contribution in [0.25, 0.3) is 0 Å². The van der Waals surface area contributed by atoms with E-state index in [2.05, 4.69) is 41.0 Å². The molecule has 0 aliphatic carbocycles. The Bertz CT molecular complexity index is 901. The topological polar surface area (TPSA) is 68.2 Å². The molecule has 0 bridgehead atoms. The van der Waals surface area contributed by atoms with E-state index in [1.165, 1.54) is 0 Å². The van der Waals surface area contributed by atoms with Gasteiger partial charge in [-0.15, -0.1) is 0 Å². The molecule has 0 saturated carbocycles. The van der Waals surface area contributed by atoms with Crippen LogP contribution in [0, 0.1) is 5.41 Å². The van der Waals surface area contributed by atoms with Gasteiger partial charge in [0.25, 0.3) is 5.91 Å². The minimum Gasteiger partial charge on any atom is -0.484 e. The van der Waals surface area contributed by atoms with E-state index < -0.39 is 0 Å². The number of carbonyl (C=O) groups excluding carboxylic acids is 1. The lowest BCUT2D eigenvalue weighted by Crippen LogP contribution is -2.42. The highest BCUT2D eigenvalue weighted by atomic mass is 16.5. The average Bonchev–Trinajstić information content (AvgIpc) is 3.23. The molecule has 0 saturated heterocycles. The van der Waals surface area contributed by atoms with Crippen molar-refractivity contribution < 1.29 is 9.53 Å². The second-order valence-corrected chi connectivity index (χ2v) is 8.41. The van der Waals surface area contributed by atoms with Crippen molar-refractivity contribution in [1.29, 1.82) is 0 Å². The Hall–Kier alpha value is -3.12. The zero-order chi connectivity index (χ0) is 21.4. The van der Waals surface area contributed by atoms with Crippen LogP contribution in [0.15, 0.2) is 73.3 Å². The van der Waals surface area contributed by atoms with Crippen LogP contribution in [0.2, 0.25) is 0 Å². The number of nitrogens with one attached hydrogen (secondary N) is 2. The summed E-state index contributed by atoms with van der Waals surface area (Å²) in [6, 6.07) is 17.5. The molecule has 3 aromatic rings. The van der Waals surface area contributed by atoms with Crippen LogP contribution in [-0.2, 0) is 17.9 Å². The van der Waals surface area contributed by atoms with Gasteiger partial charge in [0.2, 0.25) is 0 Å². The number of amides is 1. The SMILES string of the molecule is CC(C)(C)[C@H](Cn1ccnc1)NCc1ccc(OCC(=O)Nc2ccccc2)cc1. The number of carbonyl (C=O) groups is 1. The minimum atomic E-state index is -0.181. The molecular weight excluding hydrogens is 376 g/mol. The Morgan fingerprint density at radius 1 is 1.10 bits per heavy atom. The summed E-state index contributed by atoms with van der Waals surface area (Å²) in [7, 11) is 0. The van der Waals surface area contributed by atoms with Gasteiger partial charge in [-0.05, 0) is 35.2 Å². The number of benzene rings is 2. The zero-order valence-electron chi connectivity index (χ0n) is 17.8. The van der Waals surface area contributed by atoms with Crippen molar-refractivity contribution in [3.05, 3.63) is 78.9 Å². The molecule has 3 rings (SSSR count). The Kier molecular flexibility index (Phi) is 7.25. The number of nitrogens with zero attached hydrogens (tertiary/aromatic N) is 2. The molecule has 1 amide bonds. The quantitative estimate of drug-likeness (QED) is 0.561. The third-order valence-electron chi connectivity index (χ3n) is 4.90. The monoisotopic (exact) mass is 406 g/mol. The first-order valence-electron chi connectivity index (χ1n) is 10.2. The Labute approximate surface area is 178 Å². The molecule has 0 aliphatic heterocycles. The molecule has 6 nitrogen and oxygen atoms in total. The van der Waals surface area contributed by atoms with Crippen molar-refractivity contribution >= 4 is 11.6 Å². The summed E-state index contributed by atoms with van der Waals surface area (Å²) in [5.41, 5.74) is 2.03. The molecule has 0 radical (unpaired) electrons. The van der Waals surface area contributed by atoms with Gasteiger partial charge in [0.05, 0.1) is 6.33 Å². The van der Waals surface area contributed by atoms with Crippen molar-refractivity contribution in [3.63, 3.8) is 0 Å². The van der Waals surface area contributed by atoms with E-state index in [9.17, 15) is 4.79 Å². The number of para-hydroxylation sites is 1. The van der Waals surface area contributed by atoms with Crippen LogP contribution in [0.4, 0.5) is 5.69 Å². The lowest BCUT2D eigenvalue weighted by molar-refractivity contribution is -0.118. The number of anilines is 1. The normalized spacial score (nSPS) is 12.4. The molecule has 30 heavy (non-hydrogen) atoms. The van der Waals surface area contributed by atoms with Gasteiger partial charge in [0.1, 0.15) is 5.75 Å². The molecule has 1 aromatic heterocycles. The van der Waals surface area contributed by atoms with E-state index in [1.807, 2.05) is 67.1 Å². The first-order chi connectivity index (χ1) is 14.4. The summed E-state index contributed by atoms with van der Waals surface area (Å²) in [4.78, 5) is 16.1. The lowest BCUT2D eigenvalue weighted by Gasteiger charge is -2.32. The first-order valence-corrected chi connectivity index (χ1v) is 10.2. The van der Waals surface area contributed by atoms with Crippen LogP contribution in [-0.4, -0.2) is 28.1 Å². The fourth-order valence-corrected chi connectivity index (χ4v) is 3.06. The average molecular weight is 407 g/mol. The van der Waals surface area contributed by atoms with Gasteiger partial charge in [-0.25, -0.2) is 4.98 Å². The summed E-state index contributed by atoms with van der Waals surface area (Å²) >= 11 is 0. The van der Waals surface area contributed by atoms with E-state index >= 15 is 0 Å².